The third-order valence-corrected chi connectivity index (χ3v) is 2.95. The molecule has 6 heteroatoms. The van der Waals surface area contributed by atoms with Crippen LogP contribution in [0.3, 0.4) is 0 Å². The number of halogens is 4. The van der Waals surface area contributed by atoms with E-state index >= 15 is 0 Å². The first-order valence-corrected chi connectivity index (χ1v) is 4.62. The summed E-state index contributed by atoms with van der Waals surface area (Å²) in [4.78, 5) is 10.1. The van der Waals surface area contributed by atoms with Crippen LogP contribution in [0, 0.1) is 11.3 Å². The van der Waals surface area contributed by atoms with Gasteiger partial charge < -0.3 is 4.74 Å². The van der Waals surface area contributed by atoms with Gasteiger partial charge in [-0.1, -0.05) is 31.5 Å². The lowest BCUT2D eigenvalue weighted by Crippen LogP contribution is -2.07. The SMILES string of the molecule is CC1(C)C(/C=C(\Cl)C(F)(F)F)C1OC=O. The van der Waals surface area contributed by atoms with Gasteiger partial charge in [0.25, 0.3) is 6.47 Å². The van der Waals surface area contributed by atoms with Crippen LogP contribution in [0.25, 0.3) is 0 Å². The number of hydrogen-bond acceptors (Lipinski definition) is 2. The minimum absolute atomic E-state index is 0.238. The lowest BCUT2D eigenvalue weighted by molar-refractivity contribution is -0.130. The van der Waals surface area contributed by atoms with E-state index in [2.05, 4.69) is 4.74 Å². The molecule has 0 bridgehead atoms. The van der Waals surface area contributed by atoms with Gasteiger partial charge in [-0.15, -0.1) is 0 Å². The summed E-state index contributed by atoms with van der Waals surface area (Å²) in [5, 5.41) is -1.17. The summed E-state index contributed by atoms with van der Waals surface area (Å²) in [6, 6.07) is 0. The molecule has 0 radical (unpaired) electrons. The molecule has 0 spiro atoms. The topological polar surface area (TPSA) is 26.3 Å². The Balaban J connectivity index is 2.73. The van der Waals surface area contributed by atoms with Gasteiger partial charge in [-0.05, 0) is 0 Å². The van der Waals surface area contributed by atoms with E-state index in [0.29, 0.717) is 0 Å². The molecule has 0 saturated heterocycles. The van der Waals surface area contributed by atoms with Crippen molar-refractivity contribution in [3.63, 3.8) is 0 Å². The lowest BCUT2D eigenvalue weighted by Gasteiger charge is -2.03. The monoisotopic (exact) mass is 242 g/mol. The van der Waals surface area contributed by atoms with Gasteiger partial charge >= 0.3 is 6.18 Å². The third-order valence-electron chi connectivity index (χ3n) is 2.61. The maximum absolute atomic E-state index is 12.1. The summed E-state index contributed by atoms with van der Waals surface area (Å²) >= 11 is 5.08. The molecule has 2 nitrogen and oxygen atoms in total. The van der Waals surface area contributed by atoms with Crippen LogP contribution in [0.5, 0.6) is 0 Å². The van der Waals surface area contributed by atoms with Crippen molar-refractivity contribution in [2.24, 2.45) is 11.3 Å². The van der Waals surface area contributed by atoms with Gasteiger partial charge in [0.2, 0.25) is 0 Å². The smallest absolute Gasteiger partial charge is 0.426 e. The van der Waals surface area contributed by atoms with Gasteiger partial charge in [-0.25, -0.2) is 0 Å². The molecule has 0 heterocycles. The first kappa shape index (κ1) is 12.4. The Hall–Kier alpha value is -0.710. The summed E-state index contributed by atoms with van der Waals surface area (Å²) in [5.74, 6) is -0.475. The van der Waals surface area contributed by atoms with Crippen molar-refractivity contribution in [1.29, 1.82) is 0 Å². The predicted molar refractivity (Wildman–Crippen MR) is 48.2 cm³/mol. The van der Waals surface area contributed by atoms with E-state index in [0.717, 1.165) is 6.08 Å². The van der Waals surface area contributed by atoms with Crippen LogP contribution in [0.4, 0.5) is 13.2 Å². The van der Waals surface area contributed by atoms with E-state index in [1.807, 2.05) is 0 Å². The maximum atomic E-state index is 12.1. The molecule has 1 aliphatic rings. The molecule has 0 amide bonds. The molecular formula is C9H10ClF3O2. The molecule has 1 saturated carbocycles. The van der Waals surface area contributed by atoms with Gasteiger partial charge in [0.15, 0.2) is 0 Å². The number of hydrogen-bond donors (Lipinski definition) is 0. The van der Waals surface area contributed by atoms with E-state index in [1.165, 1.54) is 0 Å². The fourth-order valence-corrected chi connectivity index (χ4v) is 1.64. The highest BCUT2D eigenvalue weighted by Crippen LogP contribution is 2.55. The highest BCUT2D eigenvalue weighted by molar-refractivity contribution is 6.30. The fraction of sp³-hybridized carbons (Fsp3) is 0.667. The molecule has 0 aliphatic heterocycles. The van der Waals surface area contributed by atoms with Crippen molar-refractivity contribution in [2.45, 2.75) is 26.1 Å². The molecule has 0 aromatic rings. The summed E-state index contributed by atoms with van der Waals surface area (Å²) in [6.45, 7) is 3.66. The van der Waals surface area contributed by atoms with Crippen LogP contribution < -0.4 is 0 Å². The van der Waals surface area contributed by atoms with Gasteiger partial charge in [-0.2, -0.15) is 13.2 Å². The minimum atomic E-state index is -4.54. The largest absolute Gasteiger partial charge is 0.463 e. The van der Waals surface area contributed by atoms with Crippen molar-refractivity contribution >= 4 is 18.1 Å². The minimum Gasteiger partial charge on any atom is -0.463 e. The van der Waals surface area contributed by atoms with Crippen molar-refractivity contribution in [1.82, 2.24) is 0 Å². The Bertz CT molecular complexity index is 296. The zero-order valence-electron chi connectivity index (χ0n) is 8.14. The first-order chi connectivity index (χ1) is 6.71. The molecule has 1 rings (SSSR count). The number of alkyl halides is 3. The molecule has 2 unspecified atom stereocenters. The third kappa shape index (κ3) is 2.45. The first-order valence-electron chi connectivity index (χ1n) is 4.25. The van der Waals surface area contributed by atoms with E-state index in [1.54, 1.807) is 13.8 Å². The predicted octanol–water partition coefficient (Wildman–Crippen LogP) is 2.87. The highest BCUT2D eigenvalue weighted by atomic mass is 35.5. The molecule has 15 heavy (non-hydrogen) atoms. The average molecular weight is 243 g/mol. The summed E-state index contributed by atoms with van der Waals surface area (Å²) in [6.07, 6.45) is -4.16. The van der Waals surface area contributed by atoms with E-state index in [4.69, 9.17) is 11.6 Å². The van der Waals surface area contributed by atoms with E-state index < -0.39 is 28.6 Å². The molecular weight excluding hydrogens is 233 g/mol. The Morgan fingerprint density at radius 1 is 1.47 bits per heavy atom. The average Bonchev–Trinajstić information content (AvgIpc) is 2.54. The second-order valence-corrected chi connectivity index (χ2v) is 4.42. The molecule has 86 valence electrons. The molecule has 2 atom stereocenters. The number of carbonyl (C=O) groups is 1. The zero-order valence-corrected chi connectivity index (χ0v) is 8.89. The van der Waals surface area contributed by atoms with Crippen LogP contribution in [0.15, 0.2) is 11.1 Å². The zero-order chi connectivity index (χ0) is 11.9. The maximum Gasteiger partial charge on any atom is 0.426 e. The number of rotatable bonds is 3. The van der Waals surface area contributed by atoms with E-state index in [9.17, 15) is 18.0 Å². The second kappa shape index (κ2) is 3.70. The number of carbonyl (C=O) groups excluding carboxylic acids is 1. The fourth-order valence-electron chi connectivity index (χ4n) is 1.50. The van der Waals surface area contributed by atoms with Gasteiger partial charge in [0, 0.05) is 11.3 Å². The normalized spacial score (nSPS) is 29.9. The van der Waals surface area contributed by atoms with Gasteiger partial charge in [0.1, 0.15) is 11.1 Å². The van der Waals surface area contributed by atoms with Crippen LogP contribution in [0.1, 0.15) is 13.8 Å². The molecule has 0 N–H and O–H groups in total. The quantitative estimate of drug-likeness (QED) is 0.712. The van der Waals surface area contributed by atoms with Crippen LogP contribution >= 0.6 is 11.6 Å². The van der Waals surface area contributed by atoms with Crippen molar-refractivity contribution in [3.05, 3.63) is 11.1 Å². The molecule has 1 fully saturated rings. The van der Waals surface area contributed by atoms with E-state index in [-0.39, 0.29) is 6.47 Å². The summed E-state index contributed by atoms with van der Waals surface area (Å²) in [7, 11) is 0. The van der Waals surface area contributed by atoms with Crippen LogP contribution in [-0.2, 0) is 9.53 Å². The van der Waals surface area contributed by atoms with Gasteiger partial charge in [0.05, 0.1) is 0 Å². The van der Waals surface area contributed by atoms with Crippen molar-refractivity contribution in [2.75, 3.05) is 0 Å². The summed E-state index contributed by atoms with van der Waals surface area (Å²) in [5.41, 5.74) is -0.480. The summed E-state index contributed by atoms with van der Waals surface area (Å²) < 4.78 is 40.9. The molecule has 0 aromatic heterocycles. The van der Waals surface area contributed by atoms with Gasteiger partial charge in [-0.3, -0.25) is 4.79 Å². The number of ether oxygens (including phenoxy) is 1. The number of allylic oxidation sites excluding steroid dienone is 1. The Morgan fingerprint density at radius 2 is 2.00 bits per heavy atom. The Morgan fingerprint density at radius 3 is 2.40 bits per heavy atom. The standard InChI is InChI=1S/C9H10ClF3O2/c1-8(2)5(7(8)15-4-14)3-6(10)9(11,12)13/h3-5,7H,1-2H3/b6-3-. The lowest BCUT2D eigenvalue weighted by atomic mass is 10.1. The second-order valence-electron chi connectivity index (χ2n) is 4.01. The highest BCUT2D eigenvalue weighted by Gasteiger charge is 2.59. The Kier molecular flexibility index (Phi) is 3.05. The Labute approximate surface area is 90.0 Å². The van der Waals surface area contributed by atoms with Crippen molar-refractivity contribution < 1.29 is 22.7 Å². The van der Waals surface area contributed by atoms with Crippen LogP contribution in [-0.4, -0.2) is 18.8 Å². The van der Waals surface area contributed by atoms with Crippen molar-refractivity contribution in [3.8, 4) is 0 Å². The van der Waals surface area contributed by atoms with Crippen LogP contribution in [0.2, 0.25) is 0 Å². The molecule has 1 aliphatic carbocycles. The molecule has 0 aromatic carbocycles.